The number of aromatic nitrogens is 2. The molecule has 0 bridgehead atoms. The van der Waals surface area contributed by atoms with E-state index in [0.29, 0.717) is 17.9 Å². The number of hydrogen-bond donors (Lipinski definition) is 1. The van der Waals surface area contributed by atoms with Gasteiger partial charge in [-0.25, -0.2) is 9.19 Å². The number of ether oxygens (including phenoxy) is 1. The summed E-state index contributed by atoms with van der Waals surface area (Å²) in [7, 11) is -3.02. The standard InChI is InChI=1S/C23H37BrF3N3O2SSi/c1-21(2,23(25,26)27)13-16(14-22(3,4)33(28)31)20-29-18-9-8-17(24)12-19(18)30(20)15-32-10-11-34(5,6)7/h8-9,12,16H,10-11,13-15,28H2,1-7H3/t16-,33?/m0/s1. The van der Waals surface area contributed by atoms with Crippen LogP contribution in [0.15, 0.2) is 22.7 Å². The summed E-state index contributed by atoms with van der Waals surface area (Å²) in [6.45, 7) is 13.3. The fourth-order valence-electron chi connectivity index (χ4n) is 3.76. The Morgan fingerprint density at radius 1 is 1.18 bits per heavy atom. The minimum absolute atomic E-state index is 0.182. The maximum Gasteiger partial charge on any atom is 0.393 e. The molecule has 2 N–H and O–H groups in total. The molecule has 5 nitrogen and oxygen atoms in total. The lowest BCUT2D eigenvalue weighted by molar-refractivity contribution is -0.215. The number of halogens is 4. The van der Waals surface area contributed by atoms with Crippen LogP contribution in [0.2, 0.25) is 25.7 Å². The fourth-order valence-corrected chi connectivity index (χ4v) is 5.23. The van der Waals surface area contributed by atoms with Crippen LogP contribution in [-0.2, 0) is 22.5 Å². The van der Waals surface area contributed by atoms with Gasteiger partial charge in [-0.3, -0.25) is 5.14 Å². The van der Waals surface area contributed by atoms with Crippen molar-refractivity contribution in [2.45, 2.75) is 89.8 Å². The molecule has 0 saturated carbocycles. The molecule has 34 heavy (non-hydrogen) atoms. The van der Waals surface area contributed by atoms with E-state index in [4.69, 9.17) is 14.9 Å². The van der Waals surface area contributed by atoms with E-state index in [-0.39, 0.29) is 19.6 Å². The monoisotopic (exact) mass is 583 g/mol. The Balaban J connectivity index is 2.56. The number of imidazole rings is 1. The highest BCUT2D eigenvalue weighted by Gasteiger charge is 2.49. The summed E-state index contributed by atoms with van der Waals surface area (Å²) >= 11 is 3.48. The van der Waals surface area contributed by atoms with Crippen LogP contribution in [0.3, 0.4) is 0 Å². The smallest absolute Gasteiger partial charge is 0.361 e. The third kappa shape index (κ3) is 7.62. The van der Waals surface area contributed by atoms with Crippen LogP contribution in [0.4, 0.5) is 13.2 Å². The third-order valence-corrected chi connectivity index (χ3v) is 9.58. The second-order valence-electron chi connectivity index (χ2n) is 11.4. The molecule has 0 fully saturated rings. The molecule has 0 aliphatic carbocycles. The summed E-state index contributed by atoms with van der Waals surface area (Å²) in [5.74, 6) is -0.136. The van der Waals surface area contributed by atoms with Gasteiger partial charge in [0.2, 0.25) is 0 Å². The Hall–Kier alpha value is -0.753. The van der Waals surface area contributed by atoms with Gasteiger partial charge in [-0.2, -0.15) is 13.2 Å². The van der Waals surface area contributed by atoms with Crippen LogP contribution in [0, 0.1) is 5.41 Å². The molecular weight excluding hydrogens is 547 g/mol. The van der Waals surface area contributed by atoms with E-state index in [9.17, 15) is 17.4 Å². The second-order valence-corrected chi connectivity index (χ2v) is 19.7. The van der Waals surface area contributed by atoms with E-state index >= 15 is 0 Å². The zero-order valence-electron chi connectivity index (χ0n) is 21.1. The molecule has 0 spiro atoms. The largest absolute Gasteiger partial charge is 0.393 e. The van der Waals surface area contributed by atoms with Crippen molar-refractivity contribution in [2.75, 3.05) is 6.61 Å². The average Bonchev–Trinajstić information content (AvgIpc) is 3.00. The molecule has 194 valence electrons. The number of nitrogens with two attached hydrogens (primary N) is 1. The third-order valence-electron chi connectivity index (χ3n) is 6.13. The van der Waals surface area contributed by atoms with E-state index in [1.54, 1.807) is 13.8 Å². The van der Waals surface area contributed by atoms with E-state index in [0.717, 1.165) is 16.0 Å². The van der Waals surface area contributed by atoms with Crippen molar-refractivity contribution in [3.8, 4) is 0 Å². The van der Waals surface area contributed by atoms with Crippen molar-refractivity contribution in [3.05, 3.63) is 28.5 Å². The Morgan fingerprint density at radius 2 is 1.79 bits per heavy atom. The molecule has 1 aromatic carbocycles. The second kappa shape index (κ2) is 10.7. The molecule has 0 amide bonds. The van der Waals surface area contributed by atoms with Gasteiger partial charge in [0.1, 0.15) is 12.6 Å². The number of rotatable bonds is 11. The molecule has 0 aliphatic heterocycles. The van der Waals surface area contributed by atoms with E-state index in [2.05, 4.69) is 35.6 Å². The first kappa shape index (κ1) is 29.5. The van der Waals surface area contributed by atoms with Crippen molar-refractivity contribution in [1.82, 2.24) is 9.55 Å². The average molecular weight is 585 g/mol. The minimum atomic E-state index is -4.40. The number of hydrogen-bond acceptors (Lipinski definition) is 3. The van der Waals surface area contributed by atoms with Crippen LogP contribution < -0.4 is 5.14 Å². The molecular formula is C23H37BrF3N3O2SSi. The Morgan fingerprint density at radius 3 is 2.32 bits per heavy atom. The SMILES string of the molecule is CC(C)(C[C@H](CC(C)(C)C(F)(F)F)c1nc2ccc(Br)cc2n1COCC[Si](C)(C)C)S(N)=O. The molecule has 0 radical (unpaired) electrons. The zero-order valence-corrected chi connectivity index (χ0v) is 24.5. The van der Waals surface area contributed by atoms with Crippen LogP contribution in [-0.4, -0.2) is 39.4 Å². The van der Waals surface area contributed by atoms with Gasteiger partial charge in [0, 0.05) is 25.1 Å². The summed E-state index contributed by atoms with van der Waals surface area (Å²) in [6.07, 6.45) is -4.42. The summed E-state index contributed by atoms with van der Waals surface area (Å²) in [5, 5.41) is 5.71. The van der Waals surface area contributed by atoms with Gasteiger partial charge >= 0.3 is 6.18 Å². The molecule has 0 aliphatic rings. The highest BCUT2D eigenvalue weighted by molar-refractivity contribution is 9.10. The molecule has 1 aromatic heterocycles. The van der Waals surface area contributed by atoms with E-state index < -0.39 is 41.3 Å². The van der Waals surface area contributed by atoms with Gasteiger partial charge in [0.25, 0.3) is 0 Å². The quantitative estimate of drug-likeness (QED) is 0.229. The van der Waals surface area contributed by atoms with Crippen molar-refractivity contribution >= 4 is 46.0 Å². The lowest BCUT2D eigenvalue weighted by Gasteiger charge is -2.34. The minimum Gasteiger partial charge on any atom is -0.361 e. The highest BCUT2D eigenvalue weighted by atomic mass is 79.9. The number of alkyl halides is 3. The molecule has 1 unspecified atom stereocenters. The van der Waals surface area contributed by atoms with E-state index in [1.165, 1.54) is 13.8 Å². The first-order valence-corrected chi connectivity index (χ1v) is 17.0. The van der Waals surface area contributed by atoms with Crippen LogP contribution in [0.5, 0.6) is 0 Å². The fraction of sp³-hybridized carbons (Fsp3) is 0.696. The Kier molecular flexibility index (Phi) is 9.28. The molecule has 11 heteroatoms. The summed E-state index contributed by atoms with van der Waals surface area (Å²) in [6, 6.07) is 6.55. The lowest BCUT2D eigenvalue weighted by atomic mass is 9.78. The topological polar surface area (TPSA) is 70.1 Å². The van der Waals surface area contributed by atoms with Crippen molar-refractivity contribution in [3.63, 3.8) is 0 Å². The van der Waals surface area contributed by atoms with Crippen molar-refractivity contribution in [1.29, 1.82) is 0 Å². The van der Waals surface area contributed by atoms with Crippen LogP contribution in [0.25, 0.3) is 11.0 Å². The number of benzene rings is 1. The van der Waals surface area contributed by atoms with Gasteiger partial charge < -0.3 is 9.30 Å². The van der Waals surface area contributed by atoms with Crippen LogP contribution in [0.1, 0.15) is 52.3 Å². The summed E-state index contributed by atoms with van der Waals surface area (Å²) in [5.41, 5.74) is -0.515. The number of nitrogens with zero attached hydrogens (tertiary/aromatic N) is 2. The molecule has 0 saturated heterocycles. The van der Waals surface area contributed by atoms with E-state index in [1.807, 2.05) is 22.8 Å². The van der Waals surface area contributed by atoms with Gasteiger partial charge in [-0.15, -0.1) is 0 Å². The van der Waals surface area contributed by atoms with Gasteiger partial charge in [0.15, 0.2) is 0 Å². The highest BCUT2D eigenvalue weighted by Crippen LogP contribution is 2.47. The first-order valence-electron chi connectivity index (χ1n) is 11.3. The maximum atomic E-state index is 13.9. The molecule has 1 heterocycles. The molecule has 2 atom stereocenters. The predicted molar refractivity (Wildman–Crippen MR) is 140 cm³/mol. The van der Waals surface area contributed by atoms with Crippen molar-refractivity contribution < 1.29 is 22.1 Å². The summed E-state index contributed by atoms with van der Waals surface area (Å²) < 4.78 is 61.7. The molecule has 2 rings (SSSR count). The van der Waals surface area contributed by atoms with Crippen molar-refractivity contribution in [2.24, 2.45) is 10.6 Å². The van der Waals surface area contributed by atoms with Crippen LogP contribution >= 0.6 is 15.9 Å². The predicted octanol–water partition coefficient (Wildman–Crippen LogP) is 6.96. The lowest BCUT2D eigenvalue weighted by Crippen LogP contribution is -2.38. The van der Waals surface area contributed by atoms with Gasteiger partial charge in [-0.1, -0.05) is 49.4 Å². The molecule has 2 aromatic rings. The zero-order chi connectivity index (χ0) is 26.1. The Bertz CT molecular complexity index is 1020. The maximum absolute atomic E-state index is 13.9. The normalized spacial score (nSPS) is 15.6. The summed E-state index contributed by atoms with van der Waals surface area (Å²) in [4.78, 5) is 4.76. The van der Waals surface area contributed by atoms with Gasteiger partial charge in [-0.05, 0) is 50.9 Å². The first-order chi connectivity index (χ1) is 15.3. The van der Waals surface area contributed by atoms with Gasteiger partial charge in [0.05, 0.1) is 32.2 Å². The Labute approximate surface area is 212 Å². The number of fused-ring (bicyclic) bond motifs is 1.